The van der Waals surface area contributed by atoms with Crippen molar-refractivity contribution < 1.29 is 9.53 Å². The van der Waals surface area contributed by atoms with Crippen LogP contribution in [-0.2, 0) is 6.42 Å². The number of rotatable bonds is 5. The van der Waals surface area contributed by atoms with Crippen LogP contribution in [0.15, 0.2) is 30.3 Å². The Bertz CT molecular complexity index is 558. The first-order valence-electron chi connectivity index (χ1n) is 6.35. The van der Waals surface area contributed by atoms with Gasteiger partial charge in [0.1, 0.15) is 12.0 Å². The summed E-state index contributed by atoms with van der Waals surface area (Å²) in [7, 11) is 1.67. The van der Waals surface area contributed by atoms with Gasteiger partial charge in [0.25, 0.3) is 0 Å². The zero-order chi connectivity index (χ0) is 13.0. The molecule has 0 heterocycles. The molecule has 0 atom stereocenters. The van der Waals surface area contributed by atoms with Crippen molar-refractivity contribution in [2.75, 3.05) is 7.11 Å². The van der Waals surface area contributed by atoms with Crippen LogP contribution >= 0.6 is 0 Å². The van der Waals surface area contributed by atoms with Gasteiger partial charge in [0.05, 0.1) is 7.11 Å². The van der Waals surface area contributed by atoms with Gasteiger partial charge in [0.15, 0.2) is 0 Å². The number of hydrogen-bond donors (Lipinski definition) is 0. The number of aldehydes is 1. The van der Waals surface area contributed by atoms with Gasteiger partial charge in [0, 0.05) is 10.9 Å². The quantitative estimate of drug-likeness (QED) is 0.741. The van der Waals surface area contributed by atoms with E-state index in [1.807, 2.05) is 24.3 Å². The molecule has 0 amide bonds. The SMILES string of the molecule is CCCCc1c(C=O)ccc2c(OC)cccc12. The summed E-state index contributed by atoms with van der Waals surface area (Å²) in [6.07, 6.45) is 4.11. The van der Waals surface area contributed by atoms with Gasteiger partial charge < -0.3 is 4.74 Å². The van der Waals surface area contributed by atoms with Gasteiger partial charge in [0.2, 0.25) is 0 Å². The van der Waals surface area contributed by atoms with Gasteiger partial charge in [-0.15, -0.1) is 0 Å². The lowest BCUT2D eigenvalue weighted by molar-refractivity contribution is 0.112. The molecular formula is C16H18O2. The highest BCUT2D eigenvalue weighted by Gasteiger charge is 2.09. The van der Waals surface area contributed by atoms with Crippen molar-refractivity contribution in [2.45, 2.75) is 26.2 Å². The lowest BCUT2D eigenvalue weighted by Crippen LogP contribution is -1.96. The first-order chi connectivity index (χ1) is 8.81. The summed E-state index contributed by atoms with van der Waals surface area (Å²) in [5, 5.41) is 2.21. The highest BCUT2D eigenvalue weighted by atomic mass is 16.5. The van der Waals surface area contributed by atoms with Crippen LogP contribution in [0, 0.1) is 0 Å². The fourth-order valence-electron chi connectivity index (χ4n) is 2.33. The second-order valence-electron chi connectivity index (χ2n) is 4.41. The minimum atomic E-state index is 0.796. The summed E-state index contributed by atoms with van der Waals surface area (Å²) in [6.45, 7) is 2.16. The Morgan fingerprint density at radius 2 is 2.00 bits per heavy atom. The molecule has 2 nitrogen and oxygen atoms in total. The molecule has 0 aromatic heterocycles. The maximum Gasteiger partial charge on any atom is 0.150 e. The molecule has 0 aliphatic carbocycles. The molecule has 2 rings (SSSR count). The van der Waals surface area contributed by atoms with Gasteiger partial charge in [-0.05, 0) is 35.9 Å². The highest BCUT2D eigenvalue weighted by Crippen LogP contribution is 2.30. The Hall–Kier alpha value is -1.83. The zero-order valence-corrected chi connectivity index (χ0v) is 10.9. The summed E-state index contributed by atoms with van der Waals surface area (Å²) in [5.74, 6) is 0.864. The third kappa shape index (κ3) is 2.23. The van der Waals surface area contributed by atoms with E-state index in [4.69, 9.17) is 4.74 Å². The van der Waals surface area contributed by atoms with Gasteiger partial charge in [-0.25, -0.2) is 0 Å². The smallest absolute Gasteiger partial charge is 0.150 e. The molecule has 2 aromatic rings. The molecule has 2 heteroatoms. The van der Waals surface area contributed by atoms with E-state index in [0.717, 1.165) is 53.2 Å². The lowest BCUT2D eigenvalue weighted by atomic mass is 9.95. The van der Waals surface area contributed by atoms with Crippen LogP contribution in [0.2, 0.25) is 0 Å². The molecule has 0 radical (unpaired) electrons. The minimum absolute atomic E-state index is 0.796. The predicted octanol–water partition coefficient (Wildman–Crippen LogP) is 4.00. The van der Waals surface area contributed by atoms with E-state index in [2.05, 4.69) is 13.0 Å². The maximum absolute atomic E-state index is 11.2. The number of benzene rings is 2. The number of hydrogen-bond acceptors (Lipinski definition) is 2. The molecule has 0 bridgehead atoms. The van der Waals surface area contributed by atoms with Crippen LogP contribution in [0.5, 0.6) is 5.75 Å². The number of fused-ring (bicyclic) bond motifs is 1. The Morgan fingerprint density at radius 1 is 1.17 bits per heavy atom. The van der Waals surface area contributed by atoms with Crippen molar-refractivity contribution in [3.8, 4) is 5.75 Å². The van der Waals surface area contributed by atoms with Crippen LogP contribution in [-0.4, -0.2) is 13.4 Å². The topological polar surface area (TPSA) is 26.3 Å². The second-order valence-corrected chi connectivity index (χ2v) is 4.41. The van der Waals surface area contributed by atoms with Gasteiger partial charge in [-0.3, -0.25) is 4.79 Å². The number of unbranched alkanes of at least 4 members (excludes halogenated alkanes) is 1. The first kappa shape index (κ1) is 12.6. The van der Waals surface area contributed by atoms with Gasteiger partial charge in [-0.1, -0.05) is 31.5 Å². The Kier molecular flexibility index (Phi) is 3.98. The largest absolute Gasteiger partial charge is 0.496 e. The molecule has 0 N–H and O–H groups in total. The van der Waals surface area contributed by atoms with E-state index in [0.29, 0.717) is 0 Å². The summed E-state index contributed by atoms with van der Waals surface area (Å²) in [4.78, 5) is 11.2. The Morgan fingerprint density at radius 3 is 2.67 bits per heavy atom. The number of carbonyl (C=O) groups is 1. The maximum atomic E-state index is 11.2. The summed E-state index contributed by atoms with van der Waals surface area (Å²) in [5.41, 5.74) is 1.94. The third-order valence-electron chi connectivity index (χ3n) is 3.30. The average molecular weight is 242 g/mol. The van der Waals surface area contributed by atoms with Gasteiger partial charge in [-0.2, -0.15) is 0 Å². The predicted molar refractivity (Wildman–Crippen MR) is 74.5 cm³/mol. The summed E-state index contributed by atoms with van der Waals surface area (Å²) in [6, 6.07) is 9.85. The van der Waals surface area contributed by atoms with E-state index in [1.54, 1.807) is 7.11 Å². The van der Waals surface area contributed by atoms with Gasteiger partial charge >= 0.3 is 0 Å². The lowest BCUT2D eigenvalue weighted by Gasteiger charge is -2.11. The third-order valence-corrected chi connectivity index (χ3v) is 3.30. The normalized spacial score (nSPS) is 10.6. The summed E-state index contributed by atoms with van der Waals surface area (Å²) < 4.78 is 5.37. The van der Waals surface area contributed by atoms with E-state index >= 15 is 0 Å². The molecule has 0 fully saturated rings. The molecule has 0 unspecified atom stereocenters. The number of methoxy groups -OCH3 is 1. The first-order valence-corrected chi connectivity index (χ1v) is 6.35. The number of carbonyl (C=O) groups excluding carboxylic acids is 1. The Labute approximate surface area is 108 Å². The average Bonchev–Trinajstić information content (AvgIpc) is 2.43. The van der Waals surface area contributed by atoms with Crippen LogP contribution in [0.4, 0.5) is 0 Å². The molecule has 0 saturated carbocycles. The number of aryl methyl sites for hydroxylation is 1. The molecule has 0 aliphatic heterocycles. The van der Waals surface area contributed by atoms with E-state index < -0.39 is 0 Å². The second kappa shape index (κ2) is 5.67. The molecule has 2 aromatic carbocycles. The standard InChI is InChI=1S/C16H18O2/c1-3-4-6-13-12(11-17)9-10-15-14(13)7-5-8-16(15)18-2/h5,7-11H,3-4,6H2,1-2H3. The van der Waals surface area contributed by atoms with Crippen molar-refractivity contribution in [3.63, 3.8) is 0 Å². The monoisotopic (exact) mass is 242 g/mol. The molecule has 0 aliphatic rings. The highest BCUT2D eigenvalue weighted by molar-refractivity contribution is 5.96. The number of ether oxygens (including phenoxy) is 1. The van der Waals surface area contributed by atoms with E-state index in [9.17, 15) is 4.79 Å². The van der Waals surface area contributed by atoms with E-state index in [1.165, 1.54) is 0 Å². The molecule has 18 heavy (non-hydrogen) atoms. The zero-order valence-electron chi connectivity index (χ0n) is 10.9. The molecule has 0 saturated heterocycles. The van der Waals surface area contributed by atoms with Crippen LogP contribution in [0.1, 0.15) is 35.7 Å². The fourth-order valence-corrected chi connectivity index (χ4v) is 2.33. The van der Waals surface area contributed by atoms with Crippen LogP contribution < -0.4 is 4.74 Å². The van der Waals surface area contributed by atoms with Crippen molar-refractivity contribution in [1.29, 1.82) is 0 Å². The Balaban J connectivity index is 2.65. The summed E-state index contributed by atoms with van der Waals surface area (Å²) >= 11 is 0. The van der Waals surface area contributed by atoms with Crippen molar-refractivity contribution in [1.82, 2.24) is 0 Å². The van der Waals surface area contributed by atoms with Crippen molar-refractivity contribution in [3.05, 3.63) is 41.5 Å². The fraction of sp³-hybridized carbons (Fsp3) is 0.312. The molecular weight excluding hydrogens is 224 g/mol. The van der Waals surface area contributed by atoms with Crippen LogP contribution in [0.25, 0.3) is 10.8 Å². The van der Waals surface area contributed by atoms with E-state index in [-0.39, 0.29) is 0 Å². The van der Waals surface area contributed by atoms with Crippen molar-refractivity contribution in [2.24, 2.45) is 0 Å². The minimum Gasteiger partial charge on any atom is -0.496 e. The molecule has 0 spiro atoms. The molecule has 94 valence electrons. The van der Waals surface area contributed by atoms with Crippen molar-refractivity contribution >= 4 is 17.1 Å². The van der Waals surface area contributed by atoms with Crippen LogP contribution in [0.3, 0.4) is 0 Å².